The van der Waals surface area contributed by atoms with Crippen LogP contribution in [0.1, 0.15) is 53.4 Å². The van der Waals surface area contributed by atoms with Crippen molar-refractivity contribution < 1.29 is 9.18 Å². The monoisotopic (exact) mass is 534 g/mol. The van der Waals surface area contributed by atoms with Gasteiger partial charge in [-0.1, -0.05) is 67.1 Å². The van der Waals surface area contributed by atoms with Gasteiger partial charge in [-0.25, -0.2) is 4.39 Å². The standard InChI is InChI=1S/C31H32ClFN2OS/c1-3-20-8-10-21(11-9-20)22-12-17-27(33)23(18-22)19-35(25-15-13-24(34-2)14-16-25)31(36)30-29(32)26-6-4-5-7-28(26)37-30/h4-12,17-18,24-25,34H,3,13-16,19H2,1-2H3/t24-,25-. The Morgan fingerprint density at radius 1 is 1.03 bits per heavy atom. The lowest BCUT2D eigenvalue weighted by Crippen LogP contribution is -2.44. The summed E-state index contributed by atoms with van der Waals surface area (Å²) in [5.74, 6) is -0.408. The molecule has 3 nitrogen and oxygen atoms in total. The molecule has 192 valence electrons. The van der Waals surface area contributed by atoms with E-state index in [0.717, 1.165) is 53.3 Å². The van der Waals surface area contributed by atoms with E-state index in [1.807, 2.05) is 48.3 Å². The Hall–Kier alpha value is -2.73. The number of halogens is 2. The highest BCUT2D eigenvalue weighted by atomic mass is 35.5. The van der Waals surface area contributed by atoms with Gasteiger partial charge >= 0.3 is 0 Å². The Kier molecular flexibility index (Phi) is 7.94. The van der Waals surface area contributed by atoms with E-state index in [4.69, 9.17) is 11.6 Å². The van der Waals surface area contributed by atoms with Gasteiger partial charge in [0, 0.05) is 34.3 Å². The van der Waals surface area contributed by atoms with Crippen LogP contribution in [-0.4, -0.2) is 29.9 Å². The Labute approximate surface area is 227 Å². The number of rotatable bonds is 7. The zero-order valence-corrected chi connectivity index (χ0v) is 22.8. The number of hydrogen-bond donors (Lipinski definition) is 1. The molecule has 1 heterocycles. The van der Waals surface area contributed by atoms with Crippen molar-refractivity contribution in [1.29, 1.82) is 0 Å². The van der Waals surface area contributed by atoms with E-state index in [-0.39, 0.29) is 24.3 Å². The van der Waals surface area contributed by atoms with E-state index in [2.05, 4.69) is 36.5 Å². The molecule has 0 radical (unpaired) electrons. The van der Waals surface area contributed by atoms with Crippen molar-refractivity contribution in [3.05, 3.63) is 93.6 Å². The van der Waals surface area contributed by atoms with Gasteiger partial charge < -0.3 is 10.2 Å². The number of thiophene rings is 1. The lowest BCUT2D eigenvalue weighted by atomic mass is 9.89. The number of hydrogen-bond acceptors (Lipinski definition) is 3. The fourth-order valence-electron chi connectivity index (χ4n) is 5.32. The molecule has 1 saturated carbocycles. The first-order valence-electron chi connectivity index (χ1n) is 13.0. The lowest BCUT2D eigenvalue weighted by Gasteiger charge is -2.37. The highest BCUT2D eigenvalue weighted by molar-refractivity contribution is 7.21. The van der Waals surface area contributed by atoms with Crippen molar-refractivity contribution >= 4 is 38.9 Å². The molecule has 37 heavy (non-hydrogen) atoms. The average Bonchev–Trinajstić information content (AvgIpc) is 3.29. The van der Waals surface area contributed by atoms with Crippen molar-refractivity contribution in [1.82, 2.24) is 10.2 Å². The predicted molar refractivity (Wildman–Crippen MR) is 153 cm³/mol. The second-order valence-corrected chi connectivity index (χ2v) is 11.3. The third-order valence-electron chi connectivity index (χ3n) is 7.62. The van der Waals surface area contributed by atoms with Gasteiger partial charge in [0.15, 0.2) is 0 Å². The van der Waals surface area contributed by atoms with Gasteiger partial charge in [0.2, 0.25) is 0 Å². The smallest absolute Gasteiger partial charge is 0.266 e. The lowest BCUT2D eigenvalue weighted by molar-refractivity contribution is 0.0604. The maximum Gasteiger partial charge on any atom is 0.266 e. The van der Waals surface area contributed by atoms with Crippen LogP contribution in [0.2, 0.25) is 5.02 Å². The summed E-state index contributed by atoms with van der Waals surface area (Å²) in [4.78, 5) is 16.4. The van der Waals surface area contributed by atoms with E-state index in [9.17, 15) is 4.79 Å². The van der Waals surface area contributed by atoms with E-state index in [1.165, 1.54) is 23.0 Å². The minimum absolute atomic E-state index is 0.0327. The van der Waals surface area contributed by atoms with E-state index >= 15 is 4.39 Å². The van der Waals surface area contributed by atoms with Crippen molar-refractivity contribution in [2.45, 2.75) is 57.7 Å². The first-order valence-corrected chi connectivity index (χ1v) is 14.2. The summed E-state index contributed by atoms with van der Waals surface area (Å²) in [6, 6.07) is 21.9. The minimum Gasteiger partial charge on any atom is -0.330 e. The summed E-state index contributed by atoms with van der Waals surface area (Å²) < 4.78 is 16.2. The van der Waals surface area contributed by atoms with Crippen LogP contribution in [0.5, 0.6) is 0 Å². The van der Waals surface area contributed by atoms with Crippen molar-refractivity contribution in [3.63, 3.8) is 0 Å². The van der Waals surface area contributed by atoms with Gasteiger partial charge in [0.1, 0.15) is 10.7 Å². The zero-order chi connectivity index (χ0) is 25.9. The molecule has 1 aromatic heterocycles. The third-order valence-corrected chi connectivity index (χ3v) is 9.28. The normalized spacial score (nSPS) is 17.7. The Bertz CT molecular complexity index is 1390. The van der Waals surface area contributed by atoms with Crippen LogP contribution in [0.15, 0.2) is 66.7 Å². The number of aryl methyl sites for hydroxylation is 1. The summed E-state index contributed by atoms with van der Waals surface area (Å²) in [6.45, 7) is 2.34. The van der Waals surface area contributed by atoms with Gasteiger partial charge in [-0.15, -0.1) is 11.3 Å². The zero-order valence-electron chi connectivity index (χ0n) is 21.3. The highest BCUT2D eigenvalue weighted by Crippen LogP contribution is 2.38. The molecule has 1 fully saturated rings. The number of carbonyl (C=O) groups is 1. The molecule has 6 heteroatoms. The molecule has 1 aliphatic carbocycles. The summed E-state index contributed by atoms with van der Waals surface area (Å²) in [6.07, 6.45) is 4.69. The van der Waals surface area contributed by atoms with Gasteiger partial charge in [0.05, 0.1) is 5.02 Å². The van der Waals surface area contributed by atoms with E-state index in [0.29, 0.717) is 21.5 Å². The van der Waals surface area contributed by atoms with Crippen LogP contribution in [-0.2, 0) is 13.0 Å². The van der Waals surface area contributed by atoms with Crippen molar-refractivity contribution in [2.75, 3.05) is 7.05 Å². The molecule has 0 unspecified atom stereocenters. The molecule has 1 N–H and O–H groups in total. The molecule has 5 rings (SSSR count). The van der Waals surface area contributed by atoms with Gasteiger partial charge in [-0.05, 0) is 74.0 Å². The number of benzene rings is 3. The molecule has 1 amide bonds. The van der Waals surface area contributed by atoms with Crippen LogP contribution >= 0.6 is 22.9 Å². The van der Waals surface area contributed by atoms with Gasteiger partial charge in [0.25, 0.3) is 5.91 Å². The van der Waals surface area contributed by atoms with Crippen LogP contribution in [0.3, 0.4) is 0 Å². The first-order chi connectivity index (χ1) is 18.0. The highest BCUT2D eigenvalue weighted by Gasteiger charge is 2.32. The summed E-state index contributed by atoms with van der Waals surface area (Å²) >= 11 is 8.14. The van der Waals surface area contributed by atoms with Gasteiger partial charge in [-0.2, -0.15) is 0 Å². The summed E-state index contributed by atoms with van der Waals surface area (Å²) in [5, 5.41) is 4.74. The van der Waals surface area contributed by atoms with E-state index in [1.54, 1.807) is 0 Å². The predicted octanol–water partition coefficient (Wildman–Crippen LogP) is 8.10. The molecule has 1 aliphatic rings. The number of amides is 1. The van der Waals surface area contributed by atoms with Crippen LogP contribution in [0, 0.1) is 5.82 Å². The molecular weight excluding hydrogens is 503 g/mol. The van der Waals surface area contributed by atoms with Crippen molar-refractivity contribution in [3.8, 4) is 11.1 Å². The SMILES string of the molecule is CCc1ccc(-c2ccc(F)c(CN(C(=O)c3sc4ccccc4c3Cl)[C@H]3CC[C@H](NC)CC3)c2)cc1. The number of fused-ring (bicyclic) bond motifs is 1. The minimum atomic E-state index is -0.293. The molecule has 0 aliphatic heterocycles. The molecule has 4 aromatic rings. The second-order valence-electron chi connectivity index (χ2n) is 9.83. The fourth-order valence-corrected chi connectivity index (χ4v) is 6.78. The van der Waals surface area contributed by atoms with Crippen molar-refractivity contribution in [2.24, 2.45) is 0 Å². The maximum absolute atomic E-state index is 15.2. The number of nitrogens with zero attached hydrogens (tertiary/aromatic N) is 1. The molecule has 0 saturated heterocycles. The molecule has 0 spiro atoms. The number of nitrogens with one attached hydrogen (secondary N) is 1. The molecule has 3 aromatic carbocycles. The van der Waals surface area contributed by atoms with Crippen LogP contribution < -0.4 is 5.32 Å². The number of carbonyl (C=O) groups excluding carboxylic acids is 1. The largest absolute Gasteiger partial charge is 0.330 e. The van der Waals surface area contributed by atoms with Crippen LogP contribution in [0.4, 0.5) is 4.39 Å². The maximum atomic E-state index is 15.2. The third kappa shape index (κ3) is 5.45. The van der Waals surface area contributed by atoms with Gasteiger partial charge in [-0.3, -0.25) is 4.79 Å². The molecule has 0 atom stereocenters. The topological polar surface area (TPSA) is 32.3 Å². The van der Waals surface area contributed by atoms with E-state index < -0.39 is 0 Å². The van der Waals surface area contributed by atoms with Crippen LogP contribution in [0.25, 0.3) is 21.2 Å². The first kappa shape index (κ1) is 25.9. The quantitative estimate of drug-likeness (QED) is 0.260. The Balaban J connectivity index is 1.49. The fraction of sp³-hybridized carbons (Fsp3) is 0.323. The Morgan fingerprint density at radius 2 is 1.73 bits per heavy atom. The molecule has 0 bridgehead atoms. The average molecular weight is 535 g/mol. The second kappa shape index (κ2) is 11.3. The summed E-state index contributed by atoms with van der Waals surface area (Å²) in [7, 11) is 1.98. The summed E-state index contributed by atoms with van der Waals surface area (Å²) in [5.41, 5.74) is 3.78. The Morgan fingerprint density at radius 3 is 2.41 bits per heavy atom. The molecular formula is C31H32ClFN2OS.